The van der Waals surface area contributed by atoms with Gasteiger partial charge in [-0.3, -0.25) is 9.59 Å². The molecule has 0 radical (unpaired) electrons. The number of furan rings is 1. The third-order valence-corrected chi connectivity index (χ3v) is 2.37. The van der Waals surface area contributed by atoms with Crippen LogP contribution in [0.1, 0.15) is 10.6 Å². The van der Waals surface area contributed by atoms with E-state index >= 15 is 0 Å². The van der Waals surface area contributed by atoms with E-state index in [2.05, 4.69) is 21.2 Å². The number of hydrogen-bond donors (Lipinski definition) is 2. The van der Waals surface area contributed by atoms with E-state index in [4.69, 9.17) is 9.52 Å². The van der Waals surface area contributed by atoms with Crippen LogP contribution in [0.5, 0.6) is 0 Å². The molecule has 0 aromatic carbocycles. The summed E-state index contributed by atoms with van der Waals surface area (Å²) in [6, 6.07) is 3.13. The quantitative estimate of drug-likeness (QED) is 0.815. The number of halogens is 1. The van der Waals surface area contributed by atoms with Crippen molar-refractivity contribution in [3.8, 4) is 0 Å². The topological polar surface area (TPSA) is 82.8 Å². The Bertz CT molecular complexity index is 405. The number of amides is 2. The van der Waals surface area contributed by atoms with Crippen LogP contribution in [-0.2, 0) is 4.79 Å². The smallest absolute Gasteiger partial charge is 0.289 e. The van der Waals surface area contributed by atoms with Crippen molar-refractivity contribution < 1.29 is 19.1 Å². The molecule has 0 spiro atoms. The molecule has 0 bridgehead atoms. The van der Waals surface area contributed by atoms with Crippen LogP contribution in [0.15, 0.2) is 21.2 Å². The second-order valence-corrected chi connectivity index (χ2v) is 4.12. The summed E-state index contributed by atoms with van der Waals surface area (Å²) in [5, 5.41) is 11.0. The Balaban J connectivity index is 2.50. The van der Waals surface area contributed by atoms with E-state index < -0.39 is 0 Å². The Labute approximate surface area is 107 Å². The van der Waals surface area contributed by atoms with Gasteiger partial charge in [0.15, 0.2) is 10.4 Å². The molecule has 1 aromatic rings. The molecule has 0 aliphatic heterocycles. The van der Waals surface area contributed by atoms with Gasteiger partial charge in [-0.2, -0.15) is 0 Å². The van der Waals surface area contributed by atoms with Gasteiger partial charge in [-0.15, -0.1) is 0 Å². The molecule has 0 atom stereocenters. The average molecular weight is 305 g/mol. The fourth-order valence-electron chi connectivity index (χ4n) is 1.16. The summed E-state index contributed by atoms with van der Waals surface area (Å²) >= 11 is 3.09. The van der Waals surface area contributed by atoms with Crippen molar-refractivity contribution >= 4 is 27.7 Å². The van der Waals surface area contributed by atoms with Gasteiger partial charge in [0.2, 0.25) is 5.91 Å². The minimum absolute atomic E-state index is 0.0862. The minimum atomic E-state index is -0.380. The predicted molar refractivity (Wildman–Crippen MR) is 63.5 cm³/mol. The maximum atomic E-state index is 11.7. The summed E-state index contributed by atoms with van der Waals surface area (Å²) in [5.74, 6) is -0.551. The molecule has 1 heterocycles. The zero-order chi connectivity index (χ0) is 12.8. The van der Waals surface area contributed by atoms with Crippen molar-refractivity contribution in [2.45, 2.75) is 0 Å². The van der Waals surface area contributed by atoms with Crippen LogP contribution in [0.25, 0.3) is 0 Å². The number of likely N-dealkylation sites (N-methyl/N-ethyl adjacent to an activating group) is 1. The minimum Gasteiger partial charge on any atom is -0.444 e. The standard InChI is InChI=1S/C10H13BrN2O4/c1-13(6-9(15)12-4-5-14)10(16)7-2-3-8(11)17-7/h2-3,14H,4-6H2,1H3,(H,12,15). The zero-order valence-corrected chi connectivity index (χ0v) is 10.9. The molecule has 0 saturated heterocycles. The molecule has 0 saturated carbocycles. The molecule has 17 heavy (non-hydrogen) atoms. The highest BCUT2D eigenvalue weighted by molar-refractivity contribution is 9.10. The van der Waals surface area contributed by atoms with E-state index in [9.17, 15) is 9.59 Å². The van der Waals surface area contributed by atoms with E-state index in [-0.39, 0.29) is 37.3 Å². The molecule has 0 fully saturated rings. The van der Waals surface area contributed by atoms with Crippen LogP contribution in [0.2, 0.25) is 0 Å². The lowest BCUT2D eigenvalue weighted by atomic mass is 10.4. The van der Waals surface area contributed by atoms with E-state index in [0.717, 1.165) is 0 Å². The number of aliphatic hydroxyl groups excluding tert-OH is 1. The molecular weight excluding hydrogens is 292 g/mol. The van der Waals surface area contributed by atoms with E-state index in [0.29, 0.717) is 4.67 Å². The third-order valence-electron chi connectivity index (χ3n) is 1.95. The molecular formula is C10H13BrN2O4. The Hall–Kier alpha value is -1.34. The monoisotopic (exact) mass is 304 g/mol. The summed E-state index contributed by atoms with van der Waals surface area (Å²) in [4.78, 5) is 24.3. The molecule has 6 nitrogen and oxygen atoms in total. The fourth-order valence-corrected chi connectivity index (χ4v) is 1.46. The van der Waals surface area contributed by atoms with Crippen LogP contribution in [-0.4, -0.2) is 48.6 Å². The van der Waals surface area contributed by atoms with Gasteiger partial charge >= 0.3 is 0 Å². The summed E-state index contributed by atoms with van der Waals surface area (Å²) in [7, 11) is 1.50. The lowest BCUT2D eigenvalue weighted by molar-refractivity contribution is -0.121. The highest BCUT2D eigenvalue weighted by atomic mass is 79.9. The number of carbonyl (C=O) groups is 2. The van der Waals surface area contributed by atoms with Crippen molar-refractivity contribution in [1.29, 1.82) is 0 Å². The van der Waals surface area contributed by atoms with E-state index in [1.165, 1.54) is 18.0 Å². The zero-order valence-electron chi connectivity index (χ0n) is 9.27. The molecule has 7 heteroatoms. The maximum absolute atomic E-state index is 11.7. The molecule has 1 rings (SSSR count). The first kappa shape index (κ1) is 13.7. The number of nitrogens with one attached hydrogen (secondary N) is 1. The Kier molecular flexibility index (Phi) is 5.17. The summed E-state index contributed by atoms with van der Waals surface area (Å²) < 4.78 is 5.54. The second-order valence-electron chi connectivity index (χ2n) is 3.34. The molecule has 0 unspecified atom stereocenters. The van der Waals surface area contributed by atoms with Crippen LogP contribution in [0.3, 0.4) is 0 Å². The summed E-state index contributed by atoms with van der Waals surface area (Å²) in [6.45, 7) is -0.0428. The van der Waals surface area contributed by atoms with Gasteiger partial charge in [-0.1, -0.05) is 0 Å². The Morgan fingerprint density at radius 3 is 2.76 bits per heavy atom. The van der Waals surface area contributed by atoms with Crippen molar-refractivity contribution in [2.75, 3.05) is 26.7 Å². The van der Waals surface area contributed by atoms with Gasteiger partial charge in [-0.25, -0.2) is 0 Å². The van der Waals surface area contributed by atoms with E-state index in [1.54, 1.807) is 6.07 Å². The van der Waals surface area contributed by atoms with Crippen molar-refractivity contribution in [3.63, 3.8) is 0 Å². The molecule has 0 aliphatic rings. The molecule has 94 valence electrons. The van der Waals surface area contributed by atoms with Crippen molar-refractivity contribution in [3.05, 3.63) is 22.6 Å². The van der Waals surface area contributed by atoms with Crippen LogP contribution < -0.4 is 5.32 Å². The van der Waals surface area contributed by atoms with Gasteiger partial charge in [0.05, 0.1) is 13.2 Å². The van der Waals surface area contributed by atoms with Gasteiger partial charge in [-0.05, 0) is 28.1 Å². The van der Waals surface area contributed by atoms with Crippen LogP contribution in [0, 0.1) is 0 Å². The average Bonchev–Trinajstić information content (AvgIpc) is 2.72. The number of carbonyl (C=O) groups excluding carboxylic acids is 2. The lowest BCUT2D eigenvalue weighted by Gasteiger charge is -2.14. The van der Waals surface area contributed by atoms with E-state index in [1.807, 2.05) is 0 Å². The summed E-state index contributed by atoms with van der Waals surface area (Å²) in [6.07, 6.45) is 0. The molecule has 1 aromatic heterocycles. The van der Waals surface area contributed by atoms with Gasteiger partial charge in [0.25, 0.3) is 5.91 Å². The van der Waals surface area contributed by atoms with Gasteiger partial charge in [0, 0.05) is 13.6 Å². The number of hydrogen-bond acceptors (Lipinski definition) is 4. The fraction of sp³-hybridized carbons (Fsp3) is 0.400. The van der Waals surface area contributed by atoms with Crippen molar-refractivity contribution in [1.82, 2.24) is 10.2 Å². The summed E-state index contributed by atoms with van der Waals surface area (Å²) in [5.41, 5.74) is 0. The first-order valence-corrected chi connectivity index (χ1v) is 5.72. The van der Waals surface area contributed by atoms with Gasteiger partial charge < -0.3 is 19.7 Å². The molecule has 0 aliphatic carbocycles. The molecule has 2 N–H and O–H groups in total. The number of rotatable bonds is 5. The lowest BCUT2D eigenvalue weighted by Crippen LogP contribution is -2.39. The van der Waals surface area contributed by atoms with Crippen molar-refractivity contribution in [2.24, 2.45) is 0 Å². The number of nitrogens with zero attached hydrogens (tertiary/aromatic N) is 1. The highest BCUT2D eigenvalue weighted by Crippen LogP contribution is 2.15. The maximum Gasteiger partial charge on any atom is 0.289 e. The third kappa shape index (κ3) is 4.20. The van der Waals surface area contributed by atoms with Crippen LogP contribution >= 0.6 is 15.9 Å². The predicted octanol–water partition coefficient (Wildman–Crippen LogP) is 0.223. The first-order chi connectivity index (χ1) is 8.04. The SMILES string of the molecule is CN(CC(=O)NCCO)C(=O)c1ccc(Br)o1. The highest BCUT2D eigenvalue weighted by Gasteiger charge is 2.17. The van der Waals surface area contributed by atoms with Gasteiger partial charge in [0.1, 0.15) is 0 Å². The largest absolute Gasteiger partial charge is 0.444 e. The number of aliphatic hydroxyl groups is 1. The second kappa shape index (κ2) is 6.41. The normalized spacial score (nSPS) is 10.1. The van der Waals surface area contributed by atoms with Crippen LogP contribution in [0.4, 0.5) is 0 Å². The molecule has 2 amide bonds. The Morgan fingerprint density at radius 1 is 1.53 bits per heavy atom. The Morgan fingerprint density at radius 2 is 2.24 bits per heavy atom. The first-order valence-electron chi connectivity index (χ1n) is 4.93.